The Bertz CT molecular complexity index is 470. The van der Waals surface area contributed by atoms with Crippen LogP contribution in [0.5, 0.6) is 0 Å². The average Bonchev–Trinajstić information content (AvgIpc) is 2.26. The van der Waals surface area contributed by atoms with E-state index in [1.54, 1.807) is 39.3 Å². The van der Waals surface area contributed by atoms with Gasteiger partial charge in [-0.2, -0.15) is 0 Å². The van der Waals surface area contributed by atoms with Crippen molar-refractivity contribution in [1.29, 1.82) is 0 Å². The SMILES string of the molecule is C[N+](C)(C)CC(O)P(=O)(c1ccccc1)[N+](=O)[O-]. The number of benzene rings is 1. The summed E-state index contributed by atoms with van der Waals surface area (Å²) in [6, 6.07) is 7.67. The molecule has 1 rings (SSSR count). The molecule has 0 spiro atoms. The zero-order valence-electron chi connectivity index (χ0n) is 10.7. The summed E-state index contributed by atoms with van der Waals surface area (Å²) in [4.78, 5) is 11.1. The van der Waals surface area contributed by atoms with E-state index in [2.05, 4.69) is 0 Å². The number of hydrogen-bond donors (Lipinski definition) is 1. The normalized spacial score (nSPS) is 16.9. The van der Waals surface area contributed by atoms with E-state index in [0.29, 0.717) is 4.48 Å². The Morgan fingerprint density at radius 1 is 1.33 bits per heavy atom. The molecule has 0 amide bonds. The monoisotopic (exact) mass is 273 g/mol. The molecule has 18 heavy (non-hydrogen) atoms. The molecule has 1 aromatic carbocycles. The molecule has 6 nitrogen and oxygen atoms in total. The number of quaternary nitrogens is 1. The zero-order valence-corrected chi connectivity index (χ0v) is 11.6. The van der Waals surface area contributed by atoms with Gasteiger partial charge in [-0.15, -0.1) is 0 Å². The Morgan fingerprint density at radius 2 is 1.83 bits per heavy atom. The van der Waals surface area contributed by atoms with E-state index < -0.39 is 17.8 Å². The second-order valence-corrected chi connectivity index (χ2v) is 7.83. The molecule has 2 atom stereocenters. The van der Waals surface area contributed by atoms with Crippen molar-refractivity contribution in [3.05, 3.63) is 40.4 Å². The van der Waals surface area contributed by atoms with Crippen LogP contribution in [-0.2, 0) is 4.57 Å². The largest absolute Gasteiger partial charge is 0.434 e. The van der Waals surface area contributed by atoms with Crippen LogP contribution in [-0.4, -0.2) is 47.8 Å². The molecule has 0 fully saturated rings. The van der Waals surface area contributed by atoms with Gasteiger partial charge in [-0.25, -0.2) is 4.57 Å². The molecule has 0 radical (unpaired) electrons. The van der Waals surface area contributed by atoms with Crippen LogP contribution in [0.4, 0.5) is 0 Å². The van der Waals surface area contributed by atoms with E-state index in [4.69, 9.17) is 0 Å². The van der Waals surface area contributed by atoms with Gasteiger partial charge in [0.2, 0.25) is 5.85 Å². The second-order valence-electron chi connectivity index (χ2n) is 5.15. The first-order valence-electron chi connectivity index (χ1n) is 5.46. The molecule has 0 heterocycles. The number of aliphatic hydroxyl groups excluding tert-OH is 1. The fraction of sp³-hybridized carbons (Fsp3) is 0.455. The van der Waals surface area contributed by atoms with Crippen LogP contribution in [0.2, 0.25) is 0 Å². The minimum Gasteiger partial charge on any atom is -0.375 e. The summed E-state index contributed by atoms with van der Waals surface area (Å²) in [6.07, 6.45) is 0. The van der Waals surface area contributed by atoms with Crippen molar-refractivity contribution < 1.29 is 18.8 Å². The quantitative estimate of drug-likeness (QED) is 0.374. The number of nitro groups is 1. The fourth-order valence-electron chi connectivity index (χ4n) is 1.62. The molecular formula is C11H18N2O4P+. The Hall–Kier alpha value is -1.23. The van der Waals surface area contributed by atoms with Gasteiger partial charge in [0, 0.05) is 0 Å². The summed E-state index contributed by atoms with van der Waals surface area (Å²) >= 11 is 0. The van der Waals surface area contributed by atoms with Gasteiger partial charge in [-0.3, -0.25) is 10.1 Å². The third-order valence-corrected chi connectivity index (χ3v) is 4.98. The molecule has 0 aromatic heterocycles. The molecule has 0 saturated carbocycles. The molecule has 100 valence electrons. The molecule has 7 heteroatoms. The van der Waals surface area contributed by atoms with E-state index >= 15 is 0 Å². The van der Waals surface area contributed by atoms with Gasteiger partial charge in [0.15, 0.2) is 0 Å². The fourth-order valence-corrected chi connectivity index (χ4v) is 3.68. The van der Waals surface area contributed by atoms with E-state index in [1.807, 2.05) is 0 Å². The van der Waals surface area contributed by atoms with Crippen LogP contribution in [0, 0.1) is 10.1 Å². The van der Waals surface area contributed by atoms with E-state index in [0.717, 1.165) is 0 Å². The predicted molar refractivity (Wildman–Crippen MR) is 69.6 cm³/mol. The third kappa shape index (κ3) is 3.16. The van der Waals surface area contributed by atoms with Crippen molar-refractivity contribution >= 4 is 12.6 Å². The highest BCUT2D eigenvalue weighted by atomic mass is 31.2. The number of likely N-dealkylation sites (N-methyl/N-ethyl adjacent to an activating group) is 1. The molecule has 2 unspecified atom stereocenters. The van der Waals surface area contributed by atoms with Gasteiger partial charge in [0.05, 0.1) is 31.1 Å². The van der Waals surface area contributed by atoms with Gasteiger partial charge in [-0.1, -0.05) is 18.2 Å². The van der Waals surface area contributed by atoms with Crippen LogP contribution in [0.1, 0.15) is 0 Å². The van der Waals surface area contributed by atoms with Gasteiger partial charge < -0.3 is 9.59 Å². The topological polar surface area (TPSA) is 80.4 Å². The van der Waals surface area contributed by atoms with E-state index in [9.17, 15) is 19.8 Å². The Labute approximate surface area is 106 Å². The maximum atomic E-state index is 12.5. The Kier molecular flexibility index (Phi) is 4.27. The molecular weight excluding hydrogens is 255 g/mol. The summed E-state index contributed by atoms with van der Waals surface area (Å²) in [5, 5.41) is 21.2. The van der Waals surface area contributed by atoms with Gasteiger partial charge in [0.25, 0.3) is 0 Å². The first kappa shape index (κ1) is 14.8. The van der Waals surface area contributed by atoms with Crippen molar-refractivity contribution in [2.75, 3.05) is 27.7 Å². The molecule has 0 aliphatic carbocycles. The lowest BCUT2D eigenvalue weighted by Crippen LogP contribution is -2.43. The highest BCUT2D eigenvalue weighted by Gasteiger charge is 2.48. The highest BCUT2D eigenvalue weighted by Crippen LogP contribution is 2.48. The van der Waals surface area contributed by atoms with Crippen LogP contribution < -0.4 is 5.30 Å². The van der Waals surface area contributed by atoms with Crippen LogP contribution in [0.15, 0.2) is 30.3 Å². The van der Waals surface area contributed by atoms with E-state index in [-0.39, 0.29) is 11.8 Å². The van der Waals surface area contributed by atoms with Crippen LogP contribution in [0.25, 0.3) is 0 Å². The smallest absolute Gasteiger partial charge is 0.375 e. The number of aliphatic hydroxyl groups is 1. The molecule has 1 N–H and O–H groups in total. The van der Waals surface area contributed by atoms with Crippen LogP contribution >= 0.6 is 7.29 Å². The predicted octanol–water partition coefficient (Wildman–Crippen LogP) is 0.891. The third-order valence-electron chi connectivity index (χ3n) is 2.48. The second kappa shape index (κ2) is 5.18. The lowest BCUT2D eigenvalue weighted by atomic mass is 10.4. The number of hydrogen-bond acceptors (Lipinski definition) is 4. The van der Waals surface area contributed by atoms with Crippen LogP contribution in [0.3, 0.4) is 0 Å². The number of rotatable bonds is 5. The van der Waals surface area contributed by atoms with Gasteiger partial charge in [0.1, 0.15) is 6.54 Å². The summed E-state index contributed by atoms with van der Waals surface area (Å²) in [7, 11) is 1.26. The minimum absolute atomic E-state index is 0.0488. The van der Waals surface area contributed by atoms with Crippen molar-refractivity contribution in [3.63, 3.8) is 0 Å². The maximum absolute atomic E-state index is 12.5. The maximum Gasteiger partial charge on any atom is 0.434 e. The van der Waals surface area contributed by atoms with E-state index in [1.165, 1.54) is 12.1 Å². The van der Waals surface area contributed by atoms with Crippen molar-refractivity contribution in [2.45, 2.75) is 5.85 Å². The lowest BCUT2D eigenvalue weighted by Gasteiger charge is -2.27. The molecule has 0 aliphatic rings. The molecule has 0 saturated heterocycles. The first-order valence-corrected chi connectivity index (χ1v) is 7.19. The summed E-state index contributed by atoms with van der Waals surface area (Å²) in [6.45, 7) is 0.0488. The van der Waals surface area contributed by atoms with Gasteiger partial charge >= 0.3 is 7.29 Å². The average molecular weight is 273 g/mol. The molecule has 1 aromatic rings. The Balaban J connectivity index is 3.18. The van der Waals surface area contributed by atoms with Crippen molar-refractivity contribution in [3.8, 4) is 0 Å². The standard InChI is InChI=1S/C11H18N2O4P/c1-13(2,3)9-11(14)18(17,12(15)16)10-7-5-4-6-8-10/h4-8,11,14H,9H2,1-3H3/q+1. The minimum atomic E-state index is -4.07. The first-order chi connectivity index (χ1) is 8.18. The molecule has 0 bridgehead atoms. The summed E-state index contributed by atoms with van der Waals surface area (Å²) < 4.78 is 12.0. The summed E-state index contributed by atoms with van der Waals surface area (Å²) in [5.41, 5.74) is 0. The van der Waals surface area contributed by atoms with Crippen molar-refractivity contribution in [1.82, 2.24) is 0 Å². The zero-order chi connectivity index (χ0) is 14.0. The molecule has 0 aliphatic heterocycles. The lowest BCUT2D eigenvalue weighted by molar-refractivity contribution is -0.872. The highest BCUT2D eigenvalue weighted by molar-refractivity contribution is 7.66. The van der Waals surface area contributed by atoms with Crippen molar-refractivity contribution in [2.24, 2.45) is 0 Å². The van der Waals surface area contributed by atoms with Gasteiger partial charge in [-0.05, 0) is 12.1 Å². The Morgan fingerprint density at radius 3 is 2.22 bits per heavy atom. The number of nitrogens with zero attached hydrogens (tertiary/aromatic N) is 2. The summed E-state index contributed by atoms with van der Waals surface area (Å²) in [5.74, 6) is -1.49.